The molecule has 0 aliphatic heterocycles. The highest BCUT2D eigenvalue weighted by Crippen LogP contribution is 2.19. The molecule has 0 aliphatic rings. The van der Waals surface area contributed by atoms with E-state index in [4.69, 9.17) is 10.00 Å². The van der Waals surface area contributed by atoms with E-state index in [2.05, 4.69) is 23.3 Å². The Balaban J connectivity index is 2.59. The van der Waals surface area contributed by atoms with Crippen LogP contribution in [-0.2, 0) is 6.54 Å². The first-order valence-corrected chi connectivity index (χ1v) is 6.11. The van der Waals surface area contributed by atoms with Gasteiger partial charge in [0.15, 0.2) is 0 Å². The molecule has 0 saturated carbocycles. The Morgan fingerprint density at radius 3 is 2.83 bits per heavy atom. The van der Waals surface area contributed by atoms with Crippen LogP contribution in [0.5, 0.6) is 5.75 Å². The minimum absolute atomic E-state index is 0.582. The molecule has 1 rings (SSSR count). The van der Waals surface area contributed by atoms with Crippen molar-refractivity contribution in [1.82, 2.24) is 10.2 Å². The zero-order chi connectivity index (χ0) is 13.4. The normalized spacial score (nSPS) is 10.4. The van der Waals surface area contributed by atoms with E-state index in [1.807, 2.05) is 25.2 Å². The van der Waals surface area contributed by atoms with Crippen LogP contribution in [0.15, 0.2) is 18.2 Å². The molecule has 0 fully saturated rings. The van der Waals surface area contributed by atoms with Crippen LogP contribution in [0.4, 0.5) is 0 Å². The number of nitrogens with zero attached hydrogens (tertiary/aromatic N) is 2. The zero-order valence-corrected chi connectivity index (χ0v) is 11.4. The van der Waals surface area contributed by atoms with Gasteiger partial charge in [-0.3, -0.25) is 0 Å². The summed E-state index contributed by atoms with van der Waals surface area (Å²) in [5.41, 5.74) is 1.75. The molecular weight excluding hydrogens is 226 g/mol. The van der Waals surface area contributed by atoms with Gasteiger partial charge in [-0.25, -0.2) is 0 Å². The zero-order valence-electron chi connectivity index (χ0n) is 11.4. The average molecular weight is 247 g/mol. The number of hydrogen-bond donors (Lipinski definition) is 1. The molecular formula is C14H21N3O. The smallest absolute Gasteiger partial charge is 0.136 e. The summed E-state index contributed by atoms with van der Waals surface area (Å²) in [7, 11) is 5.66. The Hall–Kier alpha value is -1.57. The van der Waals surface area contributed by atoms with E-state index in [-0.39, 0.29) is 0 Å². The lowest BCUT2D eigenvalue weighted by atomic mass is 10.1. The molecule has 1 N–H and O–H groups in total. The van der Waals surface area contributed by atoms with Crippen LogP contribution in [0, 0.1) is 11.3 Å². The van der Waals surface area contributed by atoms with Gasteiger partial charge in [0.1, 0.15) is 11.8 Å². The van der Waals surface area contributed by atoms with Gasteiger partial charge in [0.25, 0.3) is 0 Å². The van der Waals surface area contributed by atoms with Crippen LogP contribution < -0.4 is 10.1 Å². The second kappa shape index (κ2) is 7.70. The SMILES string of the molecule is CNCCCN(C)Cc1ccc(C#N)c(OC)c1. The van der Waals surface area contributed by atoms with Crippen molar-refractivity contribution in [2.24, 2.45) is 0 Å². The second-order valence-electron chi connectivity index (χ2n) is 4.34. The predicted molar refractivity (Wildman–Crippen MR) is 72.6 cm³/mol. The fourth-order valence-electron chi connectivity index (χ4n) is 1.84. The molecule has 0 aliphatic carbocycles. The molecule has 0 saturated heterocycles. The van der Waals surface area contributed by atoms with Gasteiger partial charge in [-0.05, 0) is 51.3 Å². The molecule has 0 unspecified atom stereocenters. The first kappa shape index (κ1) is 14.5. The van der Waals surface area contributed by atoms with Crippen molar-refractivity contribution in [2.75, 3.05) is 34.3 Å². The van der Waals surface area contributed by atoms with Crippen LogP contribution >= 0.6 is 0 Å². The lowest BCUT2D eigenvalue weighted by molar-refractivity contribution is 0.320. The number of rotatable bonds is 7. The summed E-state index contributed by atoms with van der Waals surface area (Å²) in [5.74, 6) is 0.652. The van der Waals surface area contributed by atoms with Crippen LogP contribution in [-0.4, -0.2) is 39.2 Å². The Morgan fingerprint density at radius 1 is 1.44 bits per heavy atom. The molecule has 1 aromatic rings. The second-order valence-corrected chi connectivity index (χ2v) is 4.34. The molecule has 0 spiro atoms. The number of benzene rings is 1. The molecule has 0 radical (unpaired) electrons. The molecule has 0 amide bonds. The van der Waals surface area contributed by atoms with Crippen molar-refractivity contribution in [3.63, 3.8) is 0 Å². The van der Waals surface area contributed by atoms with Gasteiger partial charge in [-0.15, -0.1) is 0 Å². The summed E-state index contributed by atoms with van der Waals surface area (Å²) in [6.07, 6.45) is 1.13. The molecule has 0 atom stereocenters. The van der Waals surface area contributed by atoms with Gasteiger partial charge in [0.05, 0.1) is 12.7 Å². The monoisotopic (exact) mass is 247 g/mol. The highest BCUT2D eigenvalue weighted by molar-refractivity contribution is 5.45. The number of nitriles is 1. The van der Waals surface area contributed by atoms with Crippen LogP contribution in [0.3, 0.4) is 0 Å². The third-order valence-corrected chi connectivity index (χ3v) is 2.81. The number of nitrogens with one attached hydrogen (secondary N) is 1. The third kappa shape index (κ3) is 4.36. The van der Waals surface area contributed by atoms with E-state index >= 15 is 0 Å². The quantitative estimate of drug-likeness (QED) is 0.744. The standard InChI is InChI=1S/C14H21N3O/c1-16-7-4-8-17(2)11-12-5-6-13(10-15)14(9-12)18-3/h5-6,9,16H,4,7-8,11H2,1-3H3. The van der Waals surface area contributed by atoms with E-state index in [0.717, 1.165) is 31.6 Å². The van der Waals surface area contributed by atoms with E-state index in [0.29, 0.717) is 11.3 Å². The molecule has 1 aromatic carbocycles. The third-order valence-electron chi connectivity index (χ3n) is 2.81. The number of ether oxygens (including phenoxy) is 1. The molecule has 0 aromatic heterocycles. The maximum Gasteiger partial charge on any atom is 0.136 e. The highest BCUT2D eigenvalue weighted by Gasteiger charge is 2.05. The summed E-state index contributed by atoms with van der Waals surface area (Å²) in [5, 5.41) is 12.1. The van der Waals surface area contributed by atoms with Crippen molar-refractivity contribution in [3.05, 3.63) is 29.3 Å². The van der Waals surface area contributed by atoms with Crippen LogP contribution in [0.2, 0.25) is 0 Å². The fourth-order valence-corrected chi connectivity index (χ4v) is 1.84. The summed E-state index contributed by atoms with van der Waals surface area (Å²) < 4.78 is 5.21. The molecule has 18 heavy (non-hydrogen) atoms. The van der Waals surface area contributed by atoms with Crippen LogP contribution in [0.1, 0.15) is 17.5 Å². The summed E-state index contributed by atoms with van der Waals surface area (Å²) in [6.45, 7) is 2.94. The minimum atomic E-state index is 0.582. The summed E-state index contributed by atoms with van der Waals surface area (Å²) in [6, 6.07) is 7.86. The highest BCUT2D eigenvalue weighted by atomic mass is 16.5. The lowest BCUT2D eigenvalue weighted by Gasteiger charge is -2.17. The Labute approximate surface area is 109 Å². The minimum Gasteiger partial charge on any atom is -0.495 e. The maximum absolute atomic E-state index is 8.92. The number of hydrogen-bond acceptors (Lipinski definition) is 4. The Morgan fingerprint density at radius 2 is 2.22 bits per heavy atom. The average Bonchev–Trinajstić information content (AvgIpc) is 2.39. The predicted octanol–water partition coefficient (Wildman–Crippen LogP) is 1.61. The van der Waals surface area contributed by atoms with E-state index in [1.54, 1.807) is 7.11 Å². The maximum atomic E-state index is 8.92. The van der Waals surface area contributed by atoms with Gasteiger partial charge in [-0.2, -0.15) is 5.26 Å². The molecule has 98 valence electrons. The van der Waals surface area contributed by atoms with Gasteiger partial charge in [-0.1, -0.05) is 6.07 Å². The largest absolute Gasteiger partial charge is 0.495 e. The van der Waals surface area contributed by atoms with E-state index in [1.165, 1.54) is 0 Å². The fraction of sp³-hybridized carbons (Fsp3) is 0.500. The Kier molecular flexibility index (Phi) is 6.20. The lowest BCUT2D eigenvalue weighted by Crippen LogP contribution is -2.22. The molecule has 4 nitrogen and oxygen atoms in total. The van der Waals surface area contributed by atoms with Gasteiger partial charge < -0.3 is 15.0 Å². The van der Waals surface area contributed by atoms with Crippen molar-refractivity contribution >= 4 is 0 Å². The molecule has 4 heteroatoms. The topological polar surface area (TPSA) is 48.3 Å². The first-order valence-electron chi connectivity index (χ1n) is 6.11. The van der Waals surface area contributed by atoms with E-state index in [9.17, 15) is 0 Å². The van der Waals surface area contributed by atoms with Crippen molar-refractivity contribution in [1.29, 1.82) is 5.26 Å². The van der Waals surface area contributed by atoms with Gasteiger partial charge >= 0.3 is 0 Å². The van der Waals surface area contributed by atoms with Crippen LogP contribution in [0.25, 0.3) is 0 Å². The van der Waals surface area contributed by atoms with Crippen molar-refractivity contribution < 1.29 is 4.74 Å². The van der Waals surface area contributed by atoms with Gasteiger partial charge in [0, 0.05) is 6.54 Å². The van der Waals surface area contributed by atoms with E-state index < -0.39 is 0 Å². The molecule has 0 heterocycles. The van der Waals surface area contributed by atoms with Gasteiger partial charge in [0.2, 0.25) is 0 Å². The van der Waals surface area contributed by atoms with Crippen molar-refractivity contribution in [3.8, 4) is 11.8 Å². The Bertz CT molecular complexity index is 412. The summed E-state index contributed by atoms with van der Waals surface area (Å²) >= 11 is 0. The number of methoxy groups -OCH3 is 1. The summed E-state index contributed by atoms with van der Waals surface area (Å²) in [4.78, 5) is 2.26. The first-order chi connectivity index (χ1) is 8.71. The van der Waals surface area contributed by atoms with Crippen molar-refractivity contribution in [2.45, 2.75) is 13.0 Å². The molecule has 0 bridgehead atoms.